The van der Waals surface area contributed by atoms with E-state index in [1.807, 2.05) is 13.0 Å². The Balaban J connectivity index is 1.42. The van der Waals surface area contributed by atoms with Gasteiger partial charge in [-0.25, -0.2) is 4.98 Å². The molecule has 6 aromatic carbocycles. The summed E-state index contributed by atoms with van der Waals surface area (Å²) in [5.41, 5.74) is 4.20. The number of ether oxygens (including phenoxy) is 1. The molecule has 7 aromatic rings. The van der Waals surface area contributed by atoms with Gasteiger partial charge < -0.3 is 18.2 Å². The summed E-state index contributed by atoms with van der Waals surface area (Å²) in [6, 6.07) is 64.1. The summed E-state index contributed by atoms with van der Waals surface area (Å²) in [4.78, 5) is 19.2. The van der Waals surface area contributed by atoms with Crippen LogP contribution in [0.5, 0.6) is 0 Å². The van der Waals surface area contributed by atoms with Crippen LogP contribution in [0.15, 0.2) is 182 Å². The van der Waals surface area contributed by atoms with Crippen LogP contribution in [-0.4, -0.2) is 51.0 Å². The molecule has 336 valence electrons. The van der Waals surface area contributed by atoms with Gasteiger partial charge in [0.1, 0.15) is 5.82 Å². The van der Waals surface area contributed by atoms with Crippen molar-refractivity contribution >= 4 is 43.4 Å². The minimum atomic E-state index is -3.14. The third-order valence-electron chi connectivity index (χ3n) is 12.7. The molecular weight excluding hydrogens is 833 g/mol. The smallest absolute Gasteiger partial charge is 0.308 e. The van der Waals surface area contributed by atoms with Crippen LogP contribution in [0, 0.1) is 6.92 Å². The molecule has 6 nitrogen and oxygen atoms in total. The summed E-state index contributed by atoms with van der Waals surface area (Å²) in [6.45, 7) is 18.7. The Morgan fingerprint density at radius 3 is 1.31 bits per heavy atom. The predicted molar refractivity (Wildman–Crippen MR) is 273 cm³/mol. The van der Waals surface area contributed by atoms with Crippen LogP contribution >= 0.6 is 0 Å². The Labute approximate surface area is 389 Å². The van der Waals surface area contributed by atoms with Gasteiger partial charge in [0.15, 0.2) is 0 Å². The molecule has 1 aromatic heterocycles. The van der Waals surface area contributed by atoms with Crippen LogP contribution in [0.2, 0.25) is 10.1 Å². The van der Waals surface area contributed by atoms with E-state index in [4.69, 9.17) is 18.6 Å². The van der Waals surface area contributed by atoms with Crippen molar-refractivity contribution in [1.82, 2.24) is 9.55 Å². The monoisotopic (exact) mass is 898 g/mol. The van der Waals surface area contributed by atoms with Gasteiger partial charge in [0.2, 0.25) is 0 Å². The maximum atomic E-state index is 14.0. The molecule has 8 heteroatoms. The fourth-order valence-electron chi connectivity index (χ4n) is 9.78. The van der Waals surface area contributed by atoms with E-state index in [0.717, 1.165) is 38.7 Å². The molecule has 2 unspecified atom stereocenters. The highest BCUT2D eigenvalue weighted by Crippen LogP contribution is 2.42. The molecule has 1 heterocycles. The molecule has 0 bridgehead atoms. The molecular formula is C57H66N2O4Si2. The first-order chi connectivity index (χ1) is 31.3. The van der Waals surface area contributed by atoms with E-state index in [0.29, 0.717) is 26.0 Å². The lowest BCUT2D eigenvalue weighted by Crippen LogP contribution is -2.69. The number of carbonyl (C=O) groups excluding carboxylic acids is 1. The second-order valence-corrected chi connectivity index (χ2v) is 27.6. The van der Waals surface area contributed by atoms with E-state index in [1.54, 1.807) is 0 Å². The quantitative estimate of drug-likeness (QED) is 0.0634. The van der Waals surface area contributed by atoms with Gasteiger partial charge in [-0.05, 0) is 57.5 Å². The molecule has 0 saturated heterocycles. The zero-order chi connectivity index (χ0) is 46.1. The molecule has 7 rings (SSSR count). The molecule has 0 aliphatic heterocycles. The maximum Gasteiger partial charge on any atom is 0.308 e. The average molecular weight is 899 g/mol. The standard InChI is InChI=1S/C57H66N2O4Si2/c1-9-61-53(60)43-48(63-65(57(6,7)8,51-36-24-14-25-37-51)52-38-26-15-27-39-52)42-47(62-64(56(3,4)5,49-32-20-12-21-33-49)50-34-22-13-23-35-50)40-41-59-44(2)58-54(45-28-16-10-17-29-45)55(59)46-30-18-11-19-31-46/h10-39,47-48H,9,40-43H2,1-8H3. The number of hydrogen-bond donors (Lipinski definition) is 0. The van der Waals surface area contributed by atoms with Gasteiger partial charge in [-0.15, -0.1) is 0 Å². The van der Waals surface area contributed by atoms with Crippen molar-refractivity contribution in [3.05, 3.63) is 188 Å². The first kappa shape index (κ1) is 47.3. The fraction of sp³-hybridized carbons (Fsp3) is 0.298. The minimum absolute atomic E-state index is 0.0937. The highest BCUT2D eigenvalue weighted by molar-refractivity contribution is 7.00. The van der Waals surface area contributed by atoms with E-state index in [9.17, 15) is 4.79 Å². The summed E-state index contributed by atoms with van der Waals surface area (Å²) in [5, 5.41) is 4.12. The summed E-state index contributed by atoms with van der Waals surface area (Å²) >= 11 is 0. The fourth-order valence-corrected chi connectivity index (χ4v) is 19.2. The molecule has 0 amide bonds. The zero-order valence-corrected chi connectivity index (χ0v) is 41.5. The number of nitrogens with zero attached hydrogens (tertiary/aromatic N) is 2. The minimum Gasteiger partial charge on any atom is -0.466 e. The molecule has 2 atom stereocenters. The Hall–Kier alpha value is -5.65. The molecule has 0 aliphatic carbocycles. The Morgan fingerprint density at radius 2 is 0.923 bits per heavy atom. The van der Waals surface area contributed by atoms with Gasteiger partial charge in [-0.2, -0.15) is 0 Å². The number of esters is 1. The summed E-state index contributed by atoms with van der Waals surface area (Å²) in [5.74, 6) is 0.655. The number of aromatic nitrogens is 2. The number of hydrogen-bond acceptors (Lipinski definition) is 5. The molecule has 0 saturated carbocycles. The summed E-state index contributed by atoms with van der Waals surface area (Å²) in [7, 11) is -6.26. The van der Waals surface area contributed by atoms with Crippen LogP contribution in [0.3, 0.4) is 0 Å². The van der Waals surface area contributed by atoms with Gasteiger partial charge in [-0.3, -0.25) is 4.79 Å². The normalized spacial score (nSPS) is 13.3. The van der Waals surface area contributed by atoms with E-state index in [-0.39, 0.29) is 28.6 Å². The van der Waals surface area contributed by atoms with Crippen molar-refractivity contribution < 1.29 is 18.4 Å². The summed E-state index contributed by atoms with van der Waals surface area (Å²) in [6.07, 6.45) is 0.300. The van der Waals surface area contributed by atoms with E-state index >= 15 is 0 Å². The Bertz CT molecular complexity index is 2480. The number of imidazole rings is 1. The zero-order valence-electron chi connectivity index (χ0n) is 39.5. The van der Waals surface area contributed by atoms with Crippen molar-refractivity contribution in [2.75, 3.05) is 6.61 Å². The van der Waals surface area contributed by atoms with Gasteiger partial charge in [0, 0.05) is 23.8 Å². The van der Waals surface area contributed by atoms with Gasteiger partial charge >= 0.3 is 5.97 Å². The molecule has 0 fully saturated rings. The van der Waals surface area contributed by atoms with Gasteiger partial charge in [0.25, 0.3) is 16.6 Å². The molecule has 65 heavy (non-hydrogen) atoms. The number of aryl methyl sites for hydroxylation is 1. The van der Waals surface area contributed by atoms with Crippen molar-refractivity contribution in [1.29, 1.82) is 0 Å². The average Bonchev–Trinajstić information content (AvgIpc) is 3.65. The lowest BCUT2D eigenvalue weighted by molar-refractivity contribution is -0.145. The van der Waals surface area contributed by atoms with E-state index in [1.165, 1.54) is 10.4 Å². The van der Waals surface area contributed by atoms with Crippen molar-refractivity contribution in [2.45, 2.75) is 103 Å². The lowest BCUT2D eigenvalue weighted by atomic mass is 10.0. The topological polar surface area (TPSA) is 62.6 Å². The second kappa shape index (κ2) is 20.7. The molecule has 0 radical (unpaired) electrons. The van der Waals surface area contributed by atoms with Crippen molar-refractivity contribution in [2.24, 2.45) is 0 Å². The van der Waals surface area contributed by atoms with E-state index in [2.05, 4.69) is 229 Å². The Morgan fingerprint density at radius 1 is 0.554 bits per heavy atom. The largest absolute Gasteiger partial charge is 0.466 e. The summed E-state index contributed by atoms with van der Waals surface area (Å²) < 4.78 is 24.2. The maximum absolute atomic E-state index is 14.0. The number of benzene rings is 6. The predicted octanol–water partition coefficient (Wildman–Crippen LogP) is 11.1. The Kier molecular flexibility index (Phi) is 15.1. The van der Waals surface area contributed by atoms with Crippen LogP contribution in [-0.2, 0) is 24.9 Å². The van der Waals surface area contributed by atoms with Crippen LogP contribution in [0.4, 0.5) is 0 Å². The number of rotatable bonds is 18. The highest BCUT2D eigenvalue weighted by Gasteiger charge is 2.54. The molecule has 0 aliphatic rings. The number of carbonyl (C=O) groups is 1. The first-order valence-corrected chi connectivity index (χ1v) is 27.0. The third-order valence-corrected chi connectivity index (χ3v) is 22.9. The highest BCUT2D eigenvalue weighted by atomic mass is 28.4. The first-order valence-electron chi connectivity index (χ1n) is 23.2. The molecule has 0 N–H and O–H groups in total. The van der Waals surface area contributed by atoms with Crippen molar-refractivity contribution in [3.63, 3.8) is 0 Å². The second-order valence-electron chi connectivity index (χ2n) is 19.1. The molecule has 0 spiro atoms. The van der Waals surface area contributed by atoms with Crippen molar-refractivity contribution in [3.8, 4) is 22.5 Å². The van der Waals surface area contributed by atoms with Crippen LogP contribution in [0.1, 0.15) is 73.6 Å². The van der Waals surface area contributed by atoms with Gasteiger partial charge in [0.05, 0.1) is 30.5 Å². The van der Waals surface area contributed by atoms with Crippen LogP contribution in [0.25, 0.3) is 22.5 Å². The SMILES string of the molecule is CCOC(=O)CC(CC(CCn1c(C)nc(-c2ccccc2)c1-c1ccccc1)O[Si](c1ccccc1)(c1ccccc1)C(C)(C)C)O[Si](c1ccccc1)(c1ccccc1)C(C)(C)C. The van der Waals surface area contributed by atoms with E-state index < -0.39 is 22.7 Å². The third kappa shape index (κ3) is 10.3. The lowest BCUT2D eigenvalue weighted by Gasteiger charge is -2.47. The van der Waals surface area contributed by atoms with Gasteiger partial charge in [-0.1, -0.05) is 224 Å². The van der Waals surface area contributed by atoms with Crippen LogP contribution < -0.4 is 20.7 Å².